The monoisotopic (exact) mass is 352 g/mol. The number of ether oxygens (including phenoxy) is 1. The standard InChI is InChI=1S/C11H14Br2OS/c1-2-9-7(3-5-14-9)10(13)11-8(12)4-6-15-11/h4,6-7,9-10H,2-3,5H2,1H3. The van der Waals surface area contributed by atoms with Gasteiger partial charge in [0.25, 0.3) is 0 Å². The van der Waals surface area contributed by atoms with Gasteiger partial charge in [0, 0.05) is 21.9 Å². The quantitative estimate of drug-likeness (QED) is 0.711. The zero-order valence-corrected chi connectivity index (χ0v) is 12.6. The molecule has 0 spiro atoms. The molecule has 1 aliphatic rings. The van der Waals surface area contributed by atoms with Crippen LogP contribution in [-0.2, 0) is 4.74 Å². The zero-order valence-electron chi connectivity index (χ0n) is 8.58. The summed E-state index contributed by atoms with van der Waals surface area (Å²) >= 11 is 9.23. The molecule has 0 aromatic carbocycles. The minimum absolute atomic E-state index is 0.420. The Hall–Kier alpha value is 0.620. The summed E-state index contributed by atoms with van der Waals surface area (Å²) in [4.78, 5) is 1.82. The van der Waals surface area contributed by atoms with E-state index in [2.05, 4.69) is 50.2 Å². The highest BCUT2D eigenvalue weighted by atomic mass is 79.9. The van der Waals surface area contributed by atoms with Crippen LogP contribution in [0.25, 0.3) is 0 Å². The highest BCUT2D eigenvalue weighted by Gasteiger charge is 2.34. The van der Waals surface area contributed by atoms with Gasteiger partial charge < -0.3 is 4.74 Å². The van der Waals surface area contributed by atoms with Gasteiger partial charge in [-0.25, -0.2) is 0 Å². The average molecular weight is 354 g/mol. The number of rotatable bonds is 3. The maximum atomic E-state index is 5.73. The van der Waals surface area contributed by atoms with E-state index in [1.54, 1.807) is 0 Å². The first kappa shape index (κ1) is 12.1. The normalized spacial score (nSPS) is 28.2. The van der Waals surface area contributed by atoms with E-state index in [1.807, 2.05) is 11.3 Å². The second-order valence-electron chi connectivity index (χ2n) is 3.80. The Kier molecular flexibility index (Phi) is 4.27. The largest absolute Gasteiger partial charge is 0.378 e. The Morgan fingerprint density at radius 2 is 2.47 bits per heavy atom. The topological polar surface area (TPSA) is 9.23 Å². The van der Waals surface area contributed by atoms with E-state index >= 15 is 0 Å². The minimum atomic E-state index is 0.420. The van der Waals surface area contributed by atoms with Crippen molar-refractivity contribution in [2.75, 3.05) is 6.61 Å². The SMILES string of the molecule is CCC1OCCC1C(Br)c1sccc1Br. The van der Waals surface area contributed by atoms with Crippen LogP contribution < -0.4 is 0 Å². The van der Waals surface area contributed by atoms with Crippen molar-refractivity contribution in [1.82, 2.24) is 0 Å². The molecule has 1 saturated heterocycles. The third-order valence-electron chi connectivity index (χ3n) is 2.93. The van der Waals surface area contributed by atoms with Gasteiger partial charge in [-0.05, 0) is 40.2 Å². The van der Waals surface area contributed by atoms with Crippen LogP contribution in [0.5, 0.6) is 0 Å². The van der Waals surface area contributed by atoms with Crippen molar-refractivity contribution in [1.29, 1.82) is 0 Å². The molecule has 1 aliphatic heterocycles. The zero-order chi connectivity index (χ0) is 10.8. The molecule has 0 saturated carbocycles. The second-order valence-corrected chi connectivity index (χ2v) is 6.59. The smallest absolute Gasteiger partial charge is 0.0615 e. The van der Waals surface area contributed by atoms with E-state index in [0.29, 0.717) is 16.8 Å². The number of hydrogen-bond acceptors (Lipinski definition) is 2. The molecule has 2 rings (SSSR count). The molecular formula is C11H14Br2OS. The van der Waals surface area contributed by atoms with Crippen LogP contribution in [0.3, 0.4) is 0 Å². The lowest BCUT2D eigenvalue weighted by atomic mass is 9.95. The Bertz CT molecular complexity index is 326. The maximum Gasteiger partial charge on any atom is 0.0615 e. The van der Waals surface area contributed by atoms with E-state index in [9.17, 15) is 0 Å². The highest BCUT2D eigenvalue weighted by Crippen LogP contribution is 2.44. The lowest BCUT2D eigenvalue weighted by Gasteiger charge is -2.21. The molecule has 84 valence electrons. The first-order chi connectivity index (χ1) is 7.24. The molecule has 1 aromatic rings. The van der Waals surface area contributed by atoms with Gasteiger partial charge in [-0.2, -0.15) is 0 Å². The Morgan fingerprint density at radius 3 is 3.07 bits per heavy atom. The molecule has 0 N–H and O–H groups in total. The number of halogens is 2. The molecule has 2 heterocycles. The average Bonchev–Trinajstić information content (AvgIpc) is 2.84. The second kappa shape index (κ2) is 5.30. The van der Waals surface area contributed by atoms with Crippen molar-refractivity contribution >= 4 is 43.2 Å². The van der Waals surface area contributed by atoms with E-state index in [1.165, 1.54) is 15.8 Å². The highest BCUT2D eigenvalue weighted by molar-refractivity contribution is 9.11. The van der Waals surface area contributed by atoms with Gasteiger partial charge in [0.2, 0.25) is 0 Å². The first-order valence-electron chi connectivity index (χ1n) is 5.22. The molecule has 3 unspecified atom stereocenters. The minimum Gasteiger partial charge on any atom is -0.378 e. The molecule has 0 radical (unpaired) electrons. The number of hydrogen-bond donors (Lipinski definition) is 0. The maximum absolute atomic E-state index is 5.73. The lowest BCUT2D eigenvalue weighted by Crippen LogP contribution is -2.18. The van der Waals surface area contributed by atoms with E-state index in [0.717, 1.165) is 13.0 Å². The van der Waals surface area contributed by atoms with Crippen molar-refractivity contribution < 1.29 is 4.74 Å². The fraction of sp³-hybridized carbons (Fsp3) is 0.636. The van der Waals surface area contributed by atoms with Crippen LogP contribution in [0.2, 0.25) is 0 Å². The van der Waals surface area contributed by atoms with Gasteiger partial charge >= 0.3 is 0 Å². The Morgan fingerprint density at radius 1 is 1.67 bits per heavy atom. The van der Waals surface area contributed by atoms with Gasteiger partial charge in [-0.3, -0.25) is 0 Å². The Labute approximate surface area is 111 Å². The van der Waals surface area contributed by atoms with Crippen molar-refractivity contribution in [3.05, 3.63) is 20.8 Å². The first-order valence-corrected chi connectivity index (χ1v) is 7.81. The summed E-state index contributed by atoms with van der Waals surface area (Å²) in [5.74, 6) is 0.616. The van der Waals surface area contributed by atoms with Crippen molar-refractivity contribution in [2.24, 2.45) is 5.92 Å². The van der Waals surface area contributed by atoms with Crippen LogP contribution in [-0.4, -0.2) is 12.7 Å². The van der Waals surface area contributed by atoms with Crippen LogP contribution in [0, 0.1) is 5.92 Å². The molecule has 15 heavy (non-hydrogen) atoms. The molecule has 0 bridgehead atoms. The molecular weight excluding hydrogens is 340 g/mol. The van der Waals surface area contributed by atoms with Gasteiger partial charge in [0.15, 0.2) is 0 Å². The molecule has 4 heteroatoms. The van der Waals surface area contributed by atoms with Gasteiger partial charge in [-0.1, -0.05) is 22.9 Å². The van der Waals surface area contributed by atoms with E-state index in [-0.39, 0.29) is 0 Å². The number of alkyl halides is 1. The third kappa shape index (κ3) is 2.48. The summed E-state index contributed by atoms with van der Waals surface area (Å²) in [7, 11) is 0. The van der Waals surface area contributed by atoms with Crippen LogP contribution in [0.15, 0.2) is 15.9 Å². The van der Waals surface area contributed by atoms with Crippen molar-refractivity contribution in [3.63, 3.8) is 0 Å². The lowest BCUT2D eigenvalue weighted by molar-refractivity contribution is 0.0874. The van der Waals surface area contributed by atoms with Crippen molar-refractivity contribution in [3.8, 4) is 0 Å². The fourth-order valence-corrected chi connectivity index (χ4v) is 5.27. The fourth-order valence-electron chi connectivity index (χ4n) is 2.12. The van der Waals surface area contributed by atoms with Gasteiger partial charge in [0.05, 0.1) is 10.9 Å². The molecule has 1 nitrogen and oxygen atoms in total. The van der Waals surface area contributed by atoms with Gasteiger partial charge in [-0.15, -0.1) is 11.3 Å². The van der Waals surface area contributed by atoms with Crippen molar-refractivity contribution in [2.45, 2.75) is 30.7 Å². The van der Waals surface area contributed by atoms with Crippen LogP contribution >= 0.6 is 43.2 Å². The summed E-state index contributed by atoms with van der Waals surface area (Å²) in [6, 6.07) is 2.12. The molecule has 1 aromatic heterocycles. The summed E-state index contributed by atoms with van der Waals surface area (Å²) in [5, 5.41) is 2.13. The van der Waals surface area contributed by atoms with Crippen LogP contribution in [0.1, 0.15) is 29.5 Å². The Balaban J connectivity index is 2.13. The van der Waals surface area contributed by atoms with Gasteiger partial charge in [0.1, 0.15) is 0 Å². The summed E-state index contributed by atoms with van der Waals surface area (Å²) in [6.07, 6.45) is 2.69. The predicted octanol–water partition coefficient (Wildman–Crippen LogP) is 4.76. The summed E-state index contributed by atoms with van der Waals surface area (Å²) in [5.41, 5.74) is 0. The molecule has 0 aliphatic carbocycles. The molecule has 1 fully saturated rings. The molecule has 3 atom stereocenters. The van der Waals surface area contributed by atoms with Crippen LogP contribution in [0.4, 0.5) is 0 Å². The number of thiophene rings is 1. The van der Waals surface area contributed by atoms with E-state index < -0.39 is 0 Å². The predicted molar refractivity (Wildman–Crippen MR) is 71.8 cm³/mol. The molecule has 0 amide bonds. The van der Waals surface area contributed by atoms with E-state index in [4.69, 9.17) is 4.74 Å². The summed E-state index contributed by atoms with van der Waals surface area (Å²) in [6.45, 7) is 3.11. The third-order valence-corrected chi connectivity index (χ3v) is 6.33. The summed E-state index contributed by atoms with van der Waals surface area (Å²) < 4.78 is 6.95.